The van der Waals surface area contributed by atoms with E-state index in [1.165, 1.54) is 14.1 Å². The molecule has 0 unspecified atom stereocenters. The van der Waals surface area contributed by atoms with Crippen LogP contribution in [0.25, 0.3) is 0 Å². The third kappa shape index (κ3) is 5.81. The summed E-state index contributed by atoms with van der Waals surface area (Å²) in [4.78, 5) is 24.2. The number of rotatable bonds is 8. The van der Waals surface area contributed by atoms with Crippen LogP contribution in [-0.4, -0.2) is 77.4 Å². The first-order valence-electron chi connectivity index (χ1n) is 11.3. The van der Waals surface area contributed by atoms with Crippen molar-refractivity contribution in [1.29, 1.82) is 0 Å². The number of aryl methyl sites for hydroxylation is 2. The molecule has 2 aromatic rings. The first-order chi connectivity index (χ1) is 16.3. The number of hydrogen-bond donors (Lipinski definition) is 6. The van der Waals surface area contributed by atoms with Gasteiger partial charge >= 0.3 is 0 Å². The summed E-state index contributed by atoms with van der Waals surface area (Å²) in [5, 5.41) is 45.0. The normalized spacial score (nSPS) is 24.5. The highest BCUT2D eigenvalue weighted by Crippen LogP contribution is 2.32. The van der Waals surface area contributed by atoms with Crippen LogP contribution in [0.3, 0.4) is 0 Å². The first-order valence-corrected chi connectivity index (χ1v) is 11.3. The fourth-order valence-electron chi connectivity index (χ4n) is 4.19. The molecule has 3 rings (SSSR count). The van der Waals surface area contributed by atoms with E-state index in [0.717, 1.165) is 17.5 Å². The van der Waals surface area contributed by atoms with Crippen molar-refractivity contribution in [3.05, 3.63) is 70.3 Å². The van der Waals surface area contributed by atoms with Gasteiger partial charge in [-0.15, -0.1) is 0 Å². The maximum absolute atomic E-state index is 12.1. The fraction of sp³-hybridized carbons (Fsp3) is 0.440. The number of benzene rings is 2. The molecule has 2 aromatic carbocycles. The minimum absolute atomic E-state index is 0.265. The number of nitrogens with one attached hydrogen (secondary N) is 2. The first kappa shape index (κ1) is 25.8. The summed E-state index contributed by atoms with van der Waals surface area (Å²) in [5.74, 6) is -0.529. The van der Waals surface area contributed by atoms with E-state index in [1.54, 1.807) is 24.3 Å². The Morgan fingerprint density at radius 2 is 1.47 bits per heavy atom. The number of amides is 2. The maximum atomic E-state index is 12.1. The molecule has 2 amide bonds. The summed E-state index contributed by atoms with van der Waals surface area (Å²) < 4.78 is 5.65. The molecule has 1 saturated heterocycles. The minimum atomic E-state index is -1.43. The summed E-state index contributed by atoms with van der Waals surface area (Å²) in [5.41, 5.74) is 3.32. The second kappa shape index (κ2) is 11.5. The van der Waals surface area contributed by atoms with Crippen molar-refractivity contribution in [3.63, 3.8) is 0 Å². The van der Waals surface area contributed by atoms with E-state index in [1.807, 2.05) is 18.2 Å². The number of hydrogen-bond acceptors (Lipinski definition) is 7. The predicted octanol–water partition coefficient (Wildman–Crippen LogP) is 0.0960. The molecule has 34 heavy (non-hydrogen) atoms. The molecule has 0 radical (unpaired) electrons. The molecule has 0 saturated carbocycles. The van der Waals surface area contributed by atoms with Gasteiger partial charge in [-0.05, 0) is 54.2 Å². The van der Waals surface area contributed by atoms with Gasteiger partial charge in [0.15, 0.2) is 0 Å². The van der Waals surface area contributed by atoms with E-state index in [2.05, 4.69) is 10.6 Å². The van der Waals surface area contributed by atoms with Gasteiger partial charge in [0.05, 0.1) is 6.61 Å². The Bertz CT molecular complexity index is 976. The van der Waals surface area contributed by atoms with E-state index in [-0.39, 0.29) is 11.8 Å². The number of ether oxygens (including phenoxy) is 1. The van der Waals surface area contributed by atoms with E-state index in [0.29, 0.717) is 29.5 Å². The molecular formula is C25H32N2O7. The third-order valence-electron chi connectivity index (χ3n) is 6.07. The van der Waals surface area contributed by atoms with Crippen molar-refractivity contribution in [1.82, 2.24) is 10.6 Å². The zero-order valence-corrected chi connectivity index (χ0v) is 19.3. The lowest BCUT2D eigenvalue weighted by atomic mass is 9.90. The molecule has 1 fully saturated rings. The van der Waals surface area contributed by atoms with Gasteiger partial charge in [0.2, 0.25) is 0 Å². The van der Waals surface area contributed by atoms with Crippen LogP contribution in [-0.2, 0) is 17.6 Å². The van der Waals surface area contributed by atoms with Gasteiger partial charge < -0.3 is 35.8 Å². The Hall–Kier alpha value is -2.82. The predicted molar refractivity (Wildman–Crippen MR) is 124 cm³/mol. The molecule has 184 valence electrons. The highest BCUT2D eigenvalue weighted by atomic mass is 16.5. The highest BCUT2D eigenvalue weighted by Gasteiger charge is 2.43. The van der Waals surface area contributed by atoms with E-state index < -0.39 is 37.1 Å². The SMILES string of the molecule is CNC(=O)c1cc(CCCc2cccc([C@H]3O[C@H](CO)[C@@H](O)[C@H](O)[C@@H]3O)c2)cc(C(=O)NC)c1. The number of aliphatic hydroxyl groups excluding tert-OH is 4. The average Bonchev–Trinajstić information content (AvgIpc) is 2.86. The average molecular weight is 473 g/mol. The lowest BCUT2D eigenvalue weighted by molar-refractivity contribution is -0.231. The van der Waals surface area contributed by atoms with Crippen molar-refractivity contribution in [2.75, 3.05) is 20.7 Å². The van der Waals surface area contributed by atoms with Crippen LogP contribution in [0.15, 0.2) is 42.5 Å². The quantitative estimate of drug-likeness (QED) is 0.319. The van der Waals surface area contributed by atoms with E-state index in [9.17, 15) is 30.0 Å². The van der Waals surface area contributed by atoms with E-state index in [4.69, 9.17) is 4.74 Å². The van der Waals surface area contributed by atoms with Gasteiger partial charge in [0.1, 0.15) is 30.5 Å². The largest absolute Gasteiger partial charge is 0.394 e. The summed E-state index contributed by atoms with van der Waals surface area (Å²) in [6.07, 6.45) is -3.94. The molecule has 1 heterocycles. The third-order valence-corrected chi connectivity index (χ3v) is 6.07. The summed E-state index contributed by atoms with van der Waals surface area (Å²) in [6.45, 7) is -0.478. The van der Waals surface area contributed by atoms with Crippen LogP contribution >= 0.6 is 0 Å². The summed E-state index contributed by atoms with van der Waals surface area (Å²) in [7, 11) is 3.08. The van der Waals surface area contributed by atoms with Crippen molar-refractivity contribution < 1.29 is 34.8 Å². The Morgan fingerprint density at radius 1 is 0.853 bits per heavy atom. The van der Waals surface area contributed by atoms with Crippen molar-refractivity contribution in [2.24, 2.45) is 0 Å². The molecule has 0 aliphatic carbocycles. The molecule has 1 aliphatic heterocycles. The van der Waals surface area contributed by atoms with Crippen LogP contribution in [0.2, 0.25) is 0 Å². The Balaban J connectivity index is 1.71. The minimum Gasteiger partial charge on any atom is -0.394 e. The highest BCUT2D eigenvalue weighted by molar-refractivity contribution is 5.99. The Kier molecular flexibility index (Phi) is 8.76. The standard InChI is InChI=1S/C25H32N2O7/c1-26-24(32)17-10-15(11-18(12-17)25(33)27-2)7-3-5-14-6-4-8-16(9-14)23-22(31)21(30)20(29)19(13-28)34-23/h4,6,8-12,19-23,28-31H,3,5,7,13H2,1-2H3,(H,26,32)(H,27,33)/t19-,20-,21+,22+,23-/m1/s1. The Labute approximate surface area is 198 Å². The number of carbonyl (C=O) groups is 2. The molecule has 9 heteroatoms. The zero-order chi connectivity index (χ0) is 24.8. The van der Waals surface area contributed by atoms with Crippen LogP contribution < -0.4 is 10.6 Å². The topological polar surface area (TPSA) is 148 Å². The van der Waals surface area contributed by atoms with Gasteiger partial charge in [-0.2, -0.15) is 0 Å². The molecular weight excluding hydrogens is 440 g/mol. The lowest BCUT2D eigenvalue weighted by Crippen LogP contribution is -2.55. The van der Waals surface area contributed by atoms with Crippen molar-refractivity contribution >= 4 is 11.8 Å². The molecule has 6 N–H and O–H groups in total. The van der Waals surface area contributed by atoms with Crippen molar-refractivity contribution in [2.45, 2.75) is 49.8 Å². The van der Waals surface area contributed by atoms with Gasteiger partial charge in [-0.1, -0.05) is 24.3 Å². The van der Waals surface area contributed by atoms with Crippen LogP contribution in [0.5, 0.6) is 0 Å². The molecule has 0 bridgehead atoms. The van der Waals surface area contributed by atoms with E-state index >= 15 is 0 Å². The second-order valence-electron chi connectivity index (χ2n) is 8.42. The van der Waals surface area contributed by atoms with Gasteiger partial charge in [0, 0.05) is 25.2 Å². The zero-order valence-electron chi connectivity index (χ0n) is 19.3. The smallest absolute Gasteiger partial charge is 0.251 e. The van der Waals surface area contributed by atoms with Crippen molar-refractivity contribution in [3.8, 4) is 0 Å². The van der Waals surface area contributed by atoms with Crippen LogP contribution in [0, 0.1) is 0 Å². The molecule has 1 aliphatic rings. The van der Waals surface area contributed by atoms with Gasteiger partial charge in [0.25, 0.3) is 11.8 Å². The number of aliphatic hydroxyl groups is 4. The maximum Gasteiger partial charge on any atom is 0.251 e. The molecule has 9 nitrogen and oxygen atoms in total. The molecule has 0 aromatic heterocycles. The molecule has 5 atom stereocenters. The summed E-state index contributed by atoms with van der Waals surface area (Å²) >= 11 is 0. The van der Waals surface area contributed by atoms with Crippen LogP contribution in [0.4, 0.5) is 0 Å². The van der Waals surface area contributed by atoms with Gasteiger partial charge in [-0.3, -0.25) is 9.59 Å². The fourth-order valence-corrected chi connectivity index (χ4v) is 4.19. The number of carbonyl (C=O) groups excluding carboxylic acids is 2. The Morgan fingerprint density at radius 3 is 2.06 bits per heavy atom. The van der Waals surface area contributed by atoms with Gasteiger partial charge in [-0.25, -0.2) is 0 Å². The lowest BCUT2D eigenvalue weighted by Gasteiger charge is -2.40. The molecule has 0 spiro atoms. The summed E-state index contributed by atoms with van der Waals surface area (Å²) in [6, 6.07) is 12.5. The second-order valence-corrected chi connectivity index (χ2v) is 8.42. The monoisotopic (exact) mass is 472 g/mol. The van der Waals surface area contributed by atoms with Crippen LogP contribution in [0.1, 0.15) is 49.9 Å².